The maximum absolute atomic E-state index is 11.2. The third-order valence-electron chi connectivity index (χ3n) is 3.77. The lowest BCUT2D eigenvalue weighted by molar-refractivity contribution is -0.109. The zero-order valence-electron chi connectivity index (χ0n) is 11.7. The van der Waals surface area contributed by atoms with E-state index in [9.17, 15) is 4.79 Å². The van der Waals surface area contributed by atoms with Gasteiger partial charge in [0, 0.05) is 11.7 Å². The number of fused-ring (bicyclic) bond motifs is 1. The van der Waals surface area contributed by atoms with E-state index in [0.717, 1.165) is 23.1 Å². The summed E-state index contributed by atoms with van der Waals surface area (Å²) in [6.07, 6.45) is 0.971. The first-order valence-corrected chi connectivity index (χ1v) is 7.29. The molecule has 2 unspecified atom stereocenters. The first-order chi connectivity index (χ1) is 10.2. The minimum Gasteiger partial charge on any atom is -0.487 e. The Bertz CT molecular complexity index is 657. The van der Waals surface area contributed by atoms with E-state index in [2.05, 4.69) is 5.32 Å². The van der Waals surface area contributed by atoms with Gasteiger partial charge in [0.25, 0.3) is 0 Å². The minimum atomic E-state index is -0.156. The van der Waals surface area contributed by atoms with Gasteiger partial charge in [-0.05, 0) is 30.2 Å². The second-order valence-electron chi connectivity index (χ2n) is 5.24. The molecule has 1 aliphatic heterocycles. The lowest BCUT2D eigenvalue weighted by Gasteiger charge is -2.11. The summed E-state index contributed by atoms with van der Waals surface area (Å²) < 4.78 is 5.80. The smallest absolute Gasteiger partial charge is 0.138 e. The van der Waals surface area contributed by atoms with Gasteiger partial charge in [-0.25, -0.2) is 0 Å². The van der Waals surface area contributed by atoms with Crippen molar-refractivity contribution in [1.29, 1.82) is 0 Å². The van der Waals surface area contributed by atoms with Crippen LogP contribution in [0.2, 0.25) is 5.02 Å². The largest absolute Gasteiger partial charge is 0.487 e. The molecule has 0 amide bonds. The predicted molar refractivity (Wildman–Crippen MR) is 84.1 cm³/mol. The predicted octanol–water partition coefficient (Wildman–Crippen LogP) is 4.02. The number of aldehydes is 1. The summed E-state index contributed by atoms with van der Waals surface area (Å²) in [5.74, 6) is 0.457. The van der Waals surface area contributed by atoms with Gasteiger partial charge in [0.15, 0.2) is 0 Å². The SMILES string of the molecule is CC1Nc2cc(Cl)c(OCc3ccccc3)cc2C1C=O. The van der Waals surface area contributed by atoms with Gasteiger partial charge < -0.3 is 14.8 Å². The molecule has 0 radical (unpaired) electrons. The maximum Gasteiger partial charge on any atom is 0.138 e. The Morgan fingerprint density at radius 2 is 2.05 bits per heavy atom. The highest BCUT2D eigenvalue weighted by molar-refractivity contribution is 6.32. The molecule has 1 heterocycles. The number of rotatable bonds is 4. The van der Waals surface area contributed by atoms with Crippen molar-refractivity contribution in [2.45, 2.75) is 25.5 Å². The molecular weight excluding hydrogens is 286 g/mol. The first kappa shape index (κ1) is 14.0. The van der Waals surface area contributed by atoms with Gasteiger partial charge in [-0.2, -0.15) is 0 Å². The summed E-state index contributed by atoms with van der Waals surface area (Å²) in [6, 6.07) is 13.7. The molecule has 0 saturated heterocycles. The summed E-state index contributed by atoms with van der Waals surface area (Å²) in [5, 5.41) is 3.82. The van der Waals surface area contributed by atoms with Gasteiger partial charge in [0.1, 0.15) is 18.6 Å². The summed E-state index contributed by atoms with van der Waals surface area (Å²) in [7, 11) is 0. The molecule has 2 atom stereocenters. The molecule has 0 bridgehead atoms. The molecule has 0 aromatic heterocycles. The van der Waals surface area contributed by atoms with Crippen molar-refractivity contribution in [2.75, 3.05) is 5.32 Å². The highest BCUT2D eigenvalue weighted by Crippen LogP contribution is 2.40. The standard InChI is InChI=1S/C17H16ClNO2/c1-11-14(9-20)13-7-17(15(18)8-16(13)19-11)21-10-12-5-3-2-4-6-12/h2-9,11,14,19H,10H2,1H3. The van der Waals surface area contributed by atoms with E-state index < -0.39 is 0 Å². The number of ether oxygens (including phenoxy) is 1. The molecule has 0 saturated carbocycles. The zero-order valence-corrected chi connectivity index (χ0v) is 12.4. The molecule has 108 valence electrons. The molecule has 2 aromatic carbocycles. The van der Waals surface area contributed by atoms with Crippen LogP contribution in [-0.4, -0.2) is 12.3 Å². The molecule has 21 heavy (non-hydrogen) atoms. The second kappa shape index (κ2) is 5.78. The van der Waals surface area contributed by atoms with Gasteiger partial charge in [-0.3, -0.25) is 0 Å². The van der Waals surface area contributed by atoms with Crippen LogP contribution in [0, 0.1) is 0 Å². The fourth-order valence-corrected chi connectivity index (χ4v) is 2.83. The number of carbonyl (C=O) groups excluding carboxylic acids is 1. The normalized spacial score (nSPS) is 19.7. The number of hydrogen-bond donors (Lipinski definition) is 1. The number of anilines is 1. The minimum absolute atomic E-state index is 0.0814. The van der Waals surface area contributed by atoms with Crippen LogP contribution in [0.4, 0.5) is 5.69 Å². The van der Waals surface area contributed by atoms with Crippen molar-refractivity contribution < 1.29 is 9.53 Å². The van der Waals surface area contributed by atoms with E-state index >= 15 is 0 Å². The van der Waals surface area contributed by atoms with E-state index in [4.69, 9.17) is 16.3 Å². The monoisotopic (exact) mass is 301 g/mol. The molecule has 0 spiro atoms. The Hall–Kier alpha value is -2.00. The van der Waals surface area contributed by atoms with Crippen LogP contribution < -0.4 is 10.1 Å². The lowest BCUT2D eigenvalue weighted by atomic mass is 9.97. The van der Waals surface area contributed by atoms with Crippen LogP contribution in [-0.2, 0) is 11.4 Å². The number of carbonyl (C=O) groups is 1. The Balaban J connectivity index is 1.84. The highest BCUT2D eigenvalue weighted by Gasteiger charge is 2.29. The Kier molecular flexibility index (Phi) is 3.84. The lowest BCUT2D eigenvalue weighted by Crippen LogP contribution is -2.16. The molecule has 3 nitrogen and oxygen atoms in total. The van der Waals surface area contributed by atoms with Gasteiger partial charge in [-0.1, -0.05) is 41.9 Å². The van der Waals surface area contributed by atoms with Crippen LogP contribution in [0.15, 0.2) is 42.5 Å². The first-order valence-electron chi connectivity index (χ1n) is 6.91. The van der Waals surface area contributed by atoms with E-state index in [0.29, 0.717) is 17.4 Å². The average Bonchev–Trinajstić information content (AvgIpc) is 2.80. The molecule has 4 heteroatoms. The summed E-state index contributed by atoms with van der Waals surface area (Å²) >= 11 is 6.26. The molecule has 0 aliphatic carbocycles. The maximum atomic E-state index is 11.2. The third kappa shape index (κ3) is 2.74. The molecule has 0 fully saturated rings. The topological polar surface area (TPSA) is 38.3 Å². The van der Waals surface area contributed by atoms with Gasteiger partial charge in [0.05, 0.1) is 10.9 Å². The Labute approximate surface area is 128 Å². The van der Waals surface area contributed by atoms with Crippen LogP contribution in [0.3, 0.4) is 0 Å². The van der Waals surface area contributed by atoms with E-state index in [1.54, 1.807) is 0 Å². The fraction of sp³-hybridized carbons (Fsp3) is 0.235. The molecule has 1 aliphatic rings. The second-order valence-corrected chi connectivity index (χ2v) is 5.65. The van der Waals surface area contributed by atoms with Crippen molar-refractivity contribution >= 4 is 23.6 Å². The number of nitrogens with one attached hydrogen (secondary N) is 1. The summed E-state index contributed by atoms with van der Waals surface area (Å²) in [6.45, 7) is 2.44. The number of halogens is 1. The Morgan fingerprint density at radius 1 is 1.29 bits per heavy atom. The van der Waals surface area contributed by atoms with E-state index in [-0.39, 0.29) is 12.0 Å². The van der Waals surface area contributed by atoms with Crippen molar-refractivity contribution in [3.63, 3.8) is 0 Å². The van der Waals surface area contributed by atoms with Crippen LogP contribution in [0.1, 0.15) is 24.0 Å². The fourth-order valence-electron chi connectivity index (χ4n) is 2.61. The third-order valence-corrected chi connectivity index (χ3v) is 4.06. The van der Waals surface area contributed by atoms with Gasteiger partial charge >= 0.3 is 0 Å². The van der Waals surface area contributed by atoms with Gasteiger partial charge in [-0.15, -0.1) is 0 Å². The number of benzene rings is 2. The van der Waals surface area contributed by atoms with Crippen LogP contribution in [0.5, 0.6) is 5.75 Å². The molecule has 2 aromatic rings. The van der Waals surface area contributed by atoms with Gasteiger partial charge in [0.2, 0.25) is 0 Å². The zero-order chi connectivity index (χ0) is 14.8. The van der Waals surface area contributed by atoms with Crippen molar-refractivity contribution in [3.05, 3.63) is 58.6 Å². The summed E-state index contributed by atoms with van der Waals surface area (Å²) in [5.41, 5.74) is 2.94. The van der Waals surface area contributed by atoms with Crippen LogP contribution >= 0.6 is 11.6 Å². The highest BCUT2D eigenvalue weighted by atomic mass is 35.5. The van der Waals surface area contributed by atoms with Crippen LogP contribution in [0.25, 0.3) is 0 Å². The Morgan fingerprint density at radius 3 is 2.76 bits per heavy atom. The molecule has 1 N–H and O–H groups in total. The summed E-state index contributed by atoms with van der Waals surface area (Å²) in [4.78, 5) is 11.2. The van der Waals surface area contributed by atoms with Crippen molar-refractivity contribution in [1.82, 2.24) is 0 Å². The van der Waals surface area contributed by atoms with E-state index in [1.165, 1.54) is 0 Å². The average molecular weight is 302 g/mol. The quantitative estimate of drug-likeness (QED) is 0.867. The van der Waals surface area contributed by atoms with Crippen molar-refractivity contribution in [3.8, 4) is 5.75 Å². The van der Waals surface area contributed by atoms with E-state index in [1.807, 2.05) is 49.4 Å². The molecular formula is C17H16ClNO2. The number of hydrogen-bond acceptors (Lipinski definition) is 3. The molecule has 3 rings (SSSR count). The van der Waals surface area contributed by atoms with Crippen molar-refractivity contribution in [2.24, 2.45) is 0 Å².